The van der Waals surface area contributed by atoms with Gasteiger partial charge in [-0.25, -0.2) is 15.2 Å². The number of hydrogen-bond donors (Lipinski definition) is 3. The zero-order valence-electron chi connectivity index (χ0n) is 24.4. The first-order valence-corrected chi connectivity index (χ1v) is 14.9. The van der Waals surface area contributed by atoms with E-state index in [1.54, 1.807) is 36.4 Å². The number of hydrazine groups is 1. The van der Waals surface area contributed by atoms with Gasteiger partial charge in [0, 0.05) is 48.6 Å². The molecule has 1 aromatic carbocycles. The number of aromatic nitrogens is 5. The third kappa shape index (κ3) is 5.70. The van der Waals surface area contributed by atoms with Crippen LogP contribution in [0, 0.1) is 17.7 Å². The maximum Gasteiger partial charge on any atom is 0.254 e. The normalized spacial score (nSPS) is 19.0. The second-order valence-electron chi connectivity index (χ2n) is 11.4. The number of hydrogen-bond acceptors (Lipinski definition) is 8. The molecule has 1 saturated carbocycles. The number of rotatable bonds is 5. The number of nitrogens with two attached hydrogens (primary N) is 2. The molecule has 1 aliphatic heterocycles. The predicted molar refractivity (Wildman–Crippen MR) is 167 cm³/mol. The van der Waals surface area contributed by atoms with Crippen LogP contribution >= 0.6 is 11.6 Å². The standard InChI is InChI=1S/C31H33ClFN9O2/c1-17-4-3-5-25(22-12-19(10-11-36-22)30-24(39-31(17)44)14-38-40(30)2)41-16-37-23(13-27(41)43)28-26(9-8-20(32)29(28)33)42(35)15-21(34)18-6-7-18/h8-18,25H,3-7,34-35H2,1-2H3,(H,39,44)/b21-15-. The number of amides is 1. The summed E-state index contributed by atoms with van der Waals surface area (Å²) < 4.78 is 18.7. The van der Waals surface area contributed by atoms with Crippen molar-refractivity contribution in [3.05, 3.63) is 87.8 Å². The molecule has 2 aliphatic rings. The number of aryl methyl sites for hydroxylation is 1. The third-order valence-electron chi connectivity index (χ3n) is 8.27. The highest BCUT2D eigenvalue weighted by atomic mass is 35.5. The molecule has 2 bridgehead atoms. The molecule has 4 heterocycles. The van der Waals surface area contributed by atoms with Crippen molar-refractivity contribution in [1.82, 2.24) is 24.3 Å². The van der Waals surface area contributed by atoms with E-state index in [0.717, 1.165) is 24.1 Å². The van der Waals surface area contributed by atoms with E-state index in [4.69, 9.17) is 23.2 Å². The van der Waals surface area contributed by atoms with Gasteiger partial charge in [0.15, 0.2) is 5.82 Å². The maximum absolute atomic E-state index is 15.5. The van der Waals surface area contributed by atoms with E-state index in [2.05, 4.69) is 20.4 Å². The van der Waals surface area contributed by atoms with Gasteiger partial charge < -0.3 is 11.1 Å². The number of allylic oxidation sites excluding steroid dienone is 1. The number of anilines is 2. The smallest absolute Gasteiger partial charge is 0.254 e. The van der Waals surface area contributed by atoms with E-state index < -0.39 is 17.4 Å². The minimum Gasteiger partial charge on any atom is -0.401 e. The van der Waals surface area contributed by atoms with Crippen LogP contribution in [0.1, 0.15) is 50.8 Å². The van der Waals surface area contributed by atoms with Crippen LogP contribution in [0.2, 0.25) is 5.02 Å². The van der Waals surface area contributed by atoms with Gasteiger partial charge in [-0.1, -0.05) is 24.9 Å². The molecule has 1 aliphatic carbocycles. The highest BCUT2D eigenvalue weighted by Gasteiger charge is 2.27. The molecule has 1 fully saturated rings. The summed E-state index contributed by atoms with van der Waals surface area (Å²) in [7, 11) is 1.80. The van der Waals surface area contributed by atoms with Gasteiger partial charge in [-0.15, -0.1) is 0 Å². The molecule has 0 radical (unpaired) electrons. The lowest BCUT2D eigenvalue weighted by Gasteiger charge is -2.23. The fourth-order valence-electron chi connectivity index (χ4n) is 5.62. The van der Waals surface area contributed by atoms with Crippen LogP contribution in [-0.2, 0) is 11.8 Å². The summed E-state index contributed by atoms with van der Waals surface area (Å²) in [5.41, 5.74) is 9.43. The molecule has 1 amide bonds. The number of nitrogens with one attached hydrogen (secondary N) is 1. The zero-order chi connectivity index (χ0) is 31.1. The first kappa shape index (κ1) is 29.5. The first-order valence-electron chi connectivity index (χ1n) is 14.5. The Morgan fingerprint density at radius 1 is 1.16 bits per heavy atom. The number of pyridine rings is 1. The monoisotopic (exact) mass is 617 g/mol. The van der Waals surface area contributed by atoms with Crippen LogP contribution in [-0.4, -0.2) is 30.2 Å². The summed E-state index contributed by atoms with van der Waals surface area (Å²) in [5.74, 6) is 5.43. The largest absolute Gasteiger partial charge is 0.401 e. The van der Waals surface area contributed by atoms with Crippen molar-refractivity contribution in [2.45, 2.75) is 45.1 Å². The third-order valence-corrected chi connectivity index (χ3v) is 8.56. The van der Waals surface area contributed by atoms with Gasteiger partial charge in [-0.05, 0) is 49.9 Å². The summed E-state index contributed by atoms with van der Waals surface area (Å²) in [5, 5.41) is 8.45. The number of halogens is 2. The summed E-state index contributed by atoms with van der Waals surface area (Å²) >= 11 is 6.16. The Hall–Kier alpha value is -4.55. The number of carbonyl (C=O) groups excluding carboxylic acids is 1. The fourth-order valence-corrected chi connectivity index (χ4v) is 5.77. The van der Waals surface area contributed by atoms with E-state index >= 15 is 4.39 Å². The van der Waals surface area contributed by atoms with E-state index in [1.807, 2.05) is 19.1 Å². The molecule has 0 spiro atoms. The Morgan fingerprint density at radius 3 is 2.70 bits per heavy atom. The minimum absolute atomic E-state index is 0.00788. The molecule has 44 heavy (non-hydrogen) atoms. The topological polar surface area (TPSA) is 150 Å². The summed E-state index contributed by atoms with van der Waals surface area (Å²) in [6, 6.07) is 7.47. The number of fused-ring (bicyclic) bond motifs is 4. The predicted octanol–water partition coefficient (Wildman–Crippen LogP) is 4.74. The molecule has 5 N–H and O–H groups in total. The van der Waals surface area contributed by atoms with Crippen molar-refractivity contribution >= 4 is 28.9 Å². The van der Waals surface area contributed by atoms with Crippen LogP contribution < -0.4 is 27.5 Å². The molecule has 3 aromatic heterocycles. The number of benzene rings is 1. The Balaban J connectivity index is 1.42. The average Bonchev–Trinajstić information content (AvgIpc) is 3.79. The molecule has 13 heteroatoms. The van der Waals surface area contributed by atoms with Crippen LogP contribution in [0.25, 0.3) is 22.5 Å². The van der Waals surface area contributed by atoms with Crippen LogP contribution in [0.4, 0.5) is 15.8 Å². The molecule has 2 atom stereocenters. The fraction of sp³-hybridized carbons (Fsp3) is 0.323. The van der Waals surface area contributed by atoms with Crippen molar-refractivity contribution < 1.29 is 9.18 Å². The van der Waals surface area contributed by atoms with Crippen LogP contribution in [0.5, 0.6) is 0 Å². The van der Waals surface area contributed by atoms with E-state index in [9.17, 15) is 9.59 Å². The second kappa shape index (κ2) is 11.9. The lowest BCUT2D eigenvalue weighted by Crippen LogP contribution is -2.28. The number of carbonyl (C=O) groups is 1. The van der Waals surface area contributed by atoms with Gasteiger partial charge in [0.25, 0.3) is 5.56 Å². The molecule has 11 nitrogen and oxygen atoms in total. The van der Waals surface area contributed by atoms with Crippen LogP contribution in [0.3, 0.4) is 0 Å². The van der Waals surface area contributed by atoms with Crippen molar-refractivity contribution in [2.75, 3.05) is 10.3 Å². The Labute approximate surface area is 258 Å². The molecular weight excluding hydrogens is 585 g/mol. The Morgan fingerprint density at radius 2 is 1.95 bits per heavy atom. The molecule has 2 unspecified atom stereocenters. The molecule has 6 rings (SSSR count). The highest BCUT2D eigenvalue weighted by Crippen LogP contribution is 2.38. The van der Waals surface area contributed by atoms with E-state index in [0.29, 0.717) is 36.3 Å². The summed E-state index contributed by atoms with van der Waals surface area (Å²) in [6.07, 6.45) is 9.96. The Bertz CT molecular complexity index is 1830. The molecule has 4 aromatic rings. The van der Waals surface area contributed by atoms with E-state index in [-0.39, 0.29) is 39.7 Å². The van der Waals surface area contributed by atoms with Gasteiger partial charge >= 0.3 is 0 Å². The van der Waals surface area contributed by atoms with Gasteiger partial charge in [0.1, 0.15) is 0 Å². The molecular formula is C31H33ClFN9O2. The SMILES string of the molecule is CC1CCCC(n2cnc(-c3c(N(N)/C=C(\N)C4CC4)ccc(Cl)c3F)cc2=O)c2cc(ccn2)-c2c(cnn2C)NC1=O. The molecule has 0 saturated heterocycles. The maximum atomic E-state index is 15.5. The second-order valence-corrected chi connectivity index (χ2v) is 11.8. The van der Waals surface area contributed by atoms with Crippen LogP contribution in [0.15, 0.2) is 65.7 Å². The quantitative estimate of drug-likeness (QED) is 0.215. The lowest BCUT2D eigenvalue weighted by molar-refractivity contribution is -0.119. The number of nitrogens with zero attached hydrogens (tertiary/aromatic N) is 6. The molecule has 228 valence electrons. The lowest BCUT2D eigenvalue weighted by atomic mass is 9.97. The van der Waals surface area contributed by atoms with Crippen molar-refractivity contribution in [2.24, 2.45) is 30.5 Å². The Kier molecular flexibility index (Phi) is 7.95. The highest BCUT2D eigenvalue weighted by molar-refractivity contribution is 6.31. The van der Waals surface area contributed by atoms with Gasteiger partial charge in [0.2, 0.25) is 5.91 Å². The van der Waals surface area contributed by atoms with Crippen molar-refractivity contribution in [1.29, 1.82) is 0 Å². The minimum atomic E-state index is -0.748. The van der Waals surface area contributed by atoms with Gasteiger partial charge in [0.05, 0.1) is 57.6 Å². The summed E-state index contributed by atoms with van der Waals surface area (Å²) in [6.45, 7) is 1.87. The van der Waals surface area contributed by atoms with Crippen molar-refractivity contribution in [3.8, 4) is 22.5 Å². The zero-order valence-corrected chi connectivity index (χ0v) is 25.1. The van der Waals surface area contributed by atoms with Crippen molar-refractivity contribution in [3.63, 3.8) is 0 Å². The van der Waals surface area contributed by atoms with Gasteiger partial charge in [-0.3, -0.25) is 28.8 Å². The summed E-state index contributed by atoms with van der Waals surface area (Å²) in [4.78, 5) is 35.8. The average molecular weight is 618 g/mol. The van der Waals surface area contributed by atoms with Gasteiger partial charge in [-0.2, -0.15) is 5.10 Å². The van der Waals surface area contributed by atoms with E-state index in [1.165, 1.54) is 28.0 Å². The first-order chi connectivity index (χ1) is 21.1.